The van der Waals surface area contributed by atoms with Gasteiger partial charge < -0.3 is 4.90 Å². The number of fused-ring (bicyclic) bond motifs is 1. The van der Waals surface area contributed by atoms with E-state index in [-0.39, 0.29) is 5.41 Å². The largest absolute Gasteiger partial charge is 0.352 e. The van der Waals surface area contributed by atoms with E-state index in [1.165, 1.54) is 5.56 Å². The summed E-state index contributed by atoms with van der Waals surface area (Å²) in [6.45, 7) is 8.62. The first-order chi connectivity index (χ1) is 7.53. The highest BCUT2D eigenvalue weighted by atomic mass is 15.2. The van der Waals surface area contributed by atoms with Crippen molar-refractivity contribution in [1.29, 1.82) is 5.41 Å². The smallest absolute Gasteiger partial charge is 0.128 e. The summed E-state index contributed by atoms with van der Waals surface area (Å²) < 4.78 is 0. The van der Waals surface area contributed by atoms with Gasteiger partial charge in [-0.05, 0) is 17.4 Å². The number of amidine groups is 1. The highest BCUT2D eigenvalue weighted by Gasteiger charge is 2.28. The molecule has 16 heavy (non-hydrogen) atoms. The molecule has 0 bridgehead atoms. The Bertz CT molecular complexity index is 407. The first-order valence-corrected chi connectivity index (χ1v) is 5.95. The Balaban J connectivity index is 2.16. The zero-order valence-corrected chi connectivity index (χ0v) is 10.4. The van der Waals surface area contributed by atoms with E-state index in [2.05, 4.69) is 43.9 Å². The lowest BCUT2D eigenvalue weighted by Crippen LogP contribution is -2.34. The van der Waals surface area contributed by atoms with Gasteiger partial charge in [-0.2, -0.15) is 0 Å². The molecule has 0 fully saturated rings. The molecule has 1 aromatic carbocycles. The fraction of sp³-hybridized carbons (Fsp3) is 0.500. The zero-order valence-electron chi connectivity index (χ0n) is 10.4. The SMILES string of the molecule is CCC(C)(C)CN1Cc2ccccc2C1=N. The number of rotatable bonds is 3. The topological polar surface area (TPSA) is 27.1 Å². The molecule has 0 aliphatic carbocycles. The van der Waals surface area contributed by atoms with E-state index in [1.807, 2.05) is 6.07 Å². The lowest BCUT2D eigenvalue weighted by Gasteiger charge is -2.30. The minimum absolute atomic E-state index is 0.286. The summed E-state index contributed by atoms with van der Waals surface area (Å²) in [5.74, 6) is 0.692. The zero-order chi connectivity index (χ0) is 11.8. The molecule has 86 valence electrons. The normalized spacial score (nSPS) is 15.4. The van der Waals surface area contributed by atoms with Crippen LogP contribution in [-0.4, -0.2) is 17.3 Å². The Hall–Kier alpha value is -1.31. The number of nitrogens with one attached hydrogen (secondary N) is 1. The fourth-order valence-electron chi connectivity index (χ4n) is 2.11. The Kier molecular flexibility index (Phi) is 2.75. The molecule has 1 heterocycles. The second-order valence-electron chi connectivity index (χ2n) is 5.38. The van der Waals surface area contributed by atoms with Crippen molar-refractivity contribution < 1.29 is 0 Å². The van der Waals surface area contributed by atoms with Gasteiger partial charge >= 0.3 is 0 Å². The highest BCUT2D eigenvalue weighted by Crippen LogP contribution is 2.28. The maximum Gasteiger partial charge on any atom is 0.128 e. The Labute approximate surface area is 97.8 Å². The summed E-state index contributed by atoms with van der Waals surface area (Å²) in [6.07, 6.45) is 1.15. The second kappa shape index (κ2) is 3.93. The van der Waals surface area contributed by atoms with Crippen LogP contribution in [0.25, 0.3) is 0 Å². The number of benzene rings is 1. The molecule has 0 radical (unpaired) electrons. The van der Waals surface area contributed by atoms with E-state index in [0.29, 0.717) is 5.84 Å². The van der Waals surface area contributed by atoms with Gasteiger partial charge in [0.1, 0.15) is 5.84 Å². The quantitative estimate of drug-likeness (QED) is 0.825. The van der Waals surface area contributed by atoms with E-state index < -0.39 is 0 Å². The van der Waals surface area contributed by atoms with Crippen molar-refractivity contribution in [2.24, 2.45) is 5.41 Å². The Morgan fingerprint density at radius 2 is 2.00 bits per heavy atom. The van der Waals surface area contributed by atoms with E-state index in [0.717, 1.165) is 25.1 Å². The number of nitrogens with zero attached hydrogens (tertiary/aromatic N) is 1. The van der Waals surface area contributed by atoms with E-state index >= 15 is 0 Å². The van der Waals surface area contributed by atoms with Gasteiger partial charge in [-0.15, -0.1) is 0 Å². The third kappa shape index (κ3) is 1.97. The Morgan fingerprint density at radius 3 is 2.62 bits per heavy atom. The molecule has 1 N–H and O–H groups in total. The second-order valence-corrected chi connectivity index (χ2v) is 5.38. The van der Waals surface area contributed by atoms with Gasteiger partial charge in [-0.1, -0.05) is 45.0 Å². The van der Waals surface area contributed by atoms with Gasteiger partial charge in [0.2, 0.25) is 0 Å². The molecule has 2 nitrogen and oxygen atoms in total. The van der Waals surface area contributed by atoms with Crippen LogP contribution in [-0.2, 0) is 6.54 Å². The molecule has 0 amide bonds. The van der Waals surface area contributed by atoms with Crippen LogP contribution in [0.5, 0.6) is 0 Å². The molecule has 0 unspecified atom stereocenters. The predicted octanol–water partition coefficient (Wildman–Crippen LogP) is 3.26. The van der Waals surface area contributed by atoms with Crippen LogP contribution < -0.4 is 0 Å². The summed E-state index contributed by atoms with van der Waals surface area (Å²) in [7, 11) is 0. The lowest BCUT2D eigenvalue weighted by atomic mass is 9.90. The maximum absolute atomic E-state index is 8.17. The summed E-state index contributed by atoms with van der Waals surface area (Å²) in [4.78, 5) is 2.19. The maximum atomic E-state index is 8.17. The number of hydrogen-bond acceptors (Lipinski definition) is 1. The van der Waals surface area contributed by atoms with Crippen molar-refractivity contribution in [3.8, 4) is 0 Å². The molecule has 2 heteroatoms. The first kappa shape index (κ1) is 11.2. The monoisotopic (exact) mass is 216 g/mol. The average Bonchev–Trinajstić information content (AvgIpc) is 2.56. The van der Waals surface area contributed by atoms with E-state index in [4.69, 9.17) is 5.41 Å². The predicted molar refractivity (Wildman–Crippen MR) is 67.8 cm³/mol. The van der Waals surface area contributed by atoms with Crippen LogP contribution in [0.15, 0.2) is 24.3 Å². The average molecular weight is 216 g/mol. The van der Waals surface area contributed by atoms with Gasteiger partial charge in [0.25, 0.3) is 0 Å². The van der Waals surface area contributed by atoms with Crippen LogP contribution in [0.1, 0.15) is 38.3 Å². The van der Waals surface area contributed by atoms with E-state index in [1.54, 1.807) is 0 Å². The van der Waals surface area contributed by atoms with Crippen molar-refractivity contribution >= 4 is 5.84 Å². The fourth-order valence-corrected chi connectivity index (χ4v) is 2.11. The molecule has 1 aromatic rings. The van der Waals surface area contributed by atoms with Crippen LogP contribution in [0.4, 0.5) is 0 Å². The van der Waals surface area contributed by atoms with Crippen LogP contribution >= 0.6 is 0 Å². The first-order valence-electron chi connectivity index (χ1n) is 5.95. The van der Waals surface area contributed by atoms with Crippen molar-refractivity contribution in [2.75, 3.05) is 6.54 Å². The molecule has 0 saturated heterocycles. The molecular formula is C14H20N2. The summed E-state index contributed by atoms with van der Waals surface area (Å²) in [5, 5.41) is 8.17. The van der Waals surface area contributed by atoms with Crippen LogP contribution in [0.3, 0.4) is 0 Å². The van der Waals surface area contributed by atoms with Crippen LogP contribution in [0, 0.1) is 10.8 Å². The Morgan fingerprint density at radius 1 is 1.31 bits per heavy atom. The van der Waals surface area contributed by atoms with Crippen molar-refractivity contribution in [3.63, 3.8) is 0 Å². The molecule has 1 aliphatic heterocycles. The minimum atomic E-state index is 0.286. The van der Waals surface area contributed by atoms with Gasteiger partial charge in [0.15, 0.2) is 0 Å². The molecule has 1 aliphatic rings. The number of hydrogen-bond donors (Lipinski definition) is 1. The van der Waals surface area contributed by atoms with E-state index in [9.17, 15) is 0 Å². The summed E-state index contributed by atoms with van der Waals surface area (Å²) in [6, 6.07) is 8.25. The highest BCUT2D eigenvalue weighted by molar-refractivity contribution is 6.00. The standard InChI is InChI=1S/C14H20N2/c1-4-14(2,3)10-16-9-11-7-5-6-8-12(11)13(16)15/h5-8,15H,4,9-10H2,1-3H3. The van der Waals surface area contributed by atoms with Crippen LogP contribution in [0.2, 0.25) is 0 Å². The molecule has 0 saturated carbocycles. The van der Waals surface area contributed by atoms with Crippen molar-refractivity contribution in [1.82, 2.24) is 4.90 Å². The minimum Gasteiger partial charge on any atom is -0.352 e. The van der Waals surface area contributed by atoms with Gasteiger partial charge in [0.05, 0.1) is 0 Å². The molecule has 0 spiro atoms. The molecule has 0 atom stereocenters. The van der Waals surface area contributed by atoms with Gasteiger partial charge in [-0.3, -0.25) is 5.41 Å². The van der Waals surface area contributed by atoms with Crippen molar-refractivity contribution in [3.05, 3.63) is 35.4 Å². The van der Waals surface area contributed by atoms with Gasteiger partial charge in [-0.25, -0.2) is 0 Å². The summed E-state index contributed by atoms with van der Waals surface area (Å²) in [5.41, 5.74) is 2.68. The molecular weight excluding hydrogens is 196 g/mol. The molecule has 0 aromatic heterocycles. The molecule has 2 rings (SSSR count). The summed E-state index contributed by atoms with van der Waals surface area (Å²) >= 11 is 0. The van der Waals surface area contributed by atoms with Gasteiger partial charge in [0, 0.05) is 18.7 Å². The van der Waals surface area contributed by atoms with Crippen molar-refractivity contribution in [2.45, 2.75) is 33.7 Å². The third-order valence-corrected chi connectivity index (χ3v) is 3.53. The lowest BCUT2D eigenvalue weighted by molar-refractivity contribution is 0.245. The third-order valence-electron chi connectivity index (χ3n) is 3.53.